The van der Waals surface area contributed by atoms with E-state index in [1.165, 1.54) is 11.3 Å². The molecule has 1 aromatic rings. The van der Waals surface area contributed by atoms with Crippen molar-refractivity contribution in [2.24, 2.45) is 0 Å². The Morgan fingerprint density at radius 3 is 2.80 bits per heavy atom. The molecule has 2 rings (SSSR count). The van der Waals surface area contributed by atoms with E-state index < -0.39 is 0 Å². The number of cyclic esters (lactones) is 1. The lowest BCUT2D eigenvalue weighted by atomic mass is 10.1. The first-order valence-electron chi connectivity index (χ1n) is 4.86. The molecule has 1 amide bonds. The molecule has 1 aliphatic rings. The van der Waals surface area contributed by atoms with E-state index in [4.69, 9.17) is 16.3 Å². The number of ether oxygens (including phenoxy) is 1. The van der Waals surface area contributed by atoms with Gasteiger partial charge in [0.25, 0.3) is 0 Å². The number of halogens is 1. The van der Waals surface area contributed by atoms with Gasteiger partial charge in [0.1, 0.15) is 0 Å². The van der Waals surface area contributed by atoms with Crippen molar-refractivity contribution in [1.29, 1.82) is 0 Å². The monoisotopic (exact) mass is 245 g/mol. The summed E-state index contributed by atoms with van der Waals surface area (Å²) >= 11 is 7.32. The third kappa shape index (κ3) is 1.84. The molecule has 1 saturated heterocycles. The van der Waals surface area contributed by atoms with Gasteiger partial charge < -0.3 is 9.64 Å². The lowest BCUT2D eigenvalue weighted by Gasteiger charge is -2.17. The molecule has 15 heavy (non-hydrogen) atoms. The number of likely N-dealkylation sites (N-methyl/N-ethyl adjacent to an activating group) is 1. The normalized spacial score (nSPS) is 25.8. The second-order valence-corrected chi connectivity index (χ2v) is 5.22. The summed E-state index contributed by atoms with van der Waals surface area (Å²) in [6, 6.07) is 3.83. The van der Waals surface area contributed by atoms with E-state index in [1.54, 1.807) is 4.90 Å². The molecule has 0 radical (unpaired) electrons. The molecule has 1 aromatic heterocycles. The second-order valence-electron chi connectivity index (χ2n) is 3.47. The summed E-state index contributed by atoms with van der Waals surface area (Å²) in [5, 5.41) is 0. The van der Waals surface area contributed by atoms with Crippen molar-refractivity contribution in [3.8, 4) is 0 Å². The number of thiophene rings is 1. The average Bonchev–Trinajstić information content (AvgIpc) is 2.71. The third-order valence-electron chi connectivity index (χ3n) is 2.61. The molecule has 1 fully saturated rings. The van der Waals surface area contributed by atoms with Crippen LogP contribution in [-0.4, -0.2) is 23.6 Å². The summed E-state index contributed by atoms with van der Waals surface area (Å²) in [7, 11) is 0. The SMILES string of the molecule is CCN1C(=O)O[C@H](c2ccc(Cl)s2)[C@@H]1C. The summed E-state index contributed by atoms with van der Waals surface area (Å²) in [5.41, 5.74) is 0. The molecule has 0 unspecified atom stereocenters. The highest BCUT2D eigenvalue weighted by atomic mass is 35.5. The van der Waals surface area contributed by atoms with Crippen LogP contribution in [-0.2, 0) is 4.74 Å². The van der Waals surface area contributed by atoms with Crippen LogP contribution in [0.25, 0.3) is 0 Å². The largest absolute Gasteiger partial charge is 0.438 e. The maximum absolute atomic E-state index is 11.5. The molecule has 1 aliphatic heterocycles. The van der Waals surface area contributed by atoms with Gasteiger partial charge in [0, 0.05) is 11.4 Å². The summed E-state index contributed by atoms with van der Waals surface area (Å²) in [6.07, 6.45) is -0.408. The van der Waals surface area contributed by atoms with Crippen molar-refractivity contribution in [2.45, 2.75) is 26.0 Å². The Bertz CT molecular complexity index is 379. The number of hydrogen-bond donors (Lipinski definition) is 0. The number of carbonyl (C=O) groups is 1. The van der Waals surface area contributed by atoms with Crippen LogP contribution < -0.4 is 0 Å². The molecule has 0 bridgehead atoms. The first kappa shape index (κ1) is 10.8. The van der Waals surface area contributed by atoms with Gasteiger partial charge in [-0.1, -0.05) is 11.6 Å². The fourth-order valence-corrected chi connectivity index (χ4v) is 2.99. The Morgan fingerprint density at radius 2 is 2.33 bits per heavy atom. The molecule has 2 atom stereocenters. The molecule has 3 nitrogen and oxygen atoms in total. The molecule has 0 aromatic carbocycles. The van der Waals surface area contributed by atoms with Crippen molar-refractivity contribution < 1.29 is 9.53 Å². The predicted molar refractivity (Wildman–Crippen MR) is 60.4 cm³/mol. The lowest BCUT2D eigenvalue weighted by molar-refractivity contribution is 0.132. The standard InChI is InChI=1S/C10H12ClNO2S/c1-3-12-6(2)9(14-10(12)13)7-4-5-8(11)15-7/h4-6,9H,3H2,1-2H3/t6-,9-/m0/s1. The number of hydrogen-bond acceptors (Lipinski definition) is 3. The van der Waals surface area contributed by atoms with Crippen LogP contribution >= 0.6 is 22.9 Å². The summed E-state index contributed by atoms with van der Waals surface area (Å²) in [4.78, 5) is 14.2. The molecule has 0 N–H and O–H groups in total. The van der Waals surface area contributed by atoms with Crippen molar-refractivity contribution in [1.82, 2.24) is 4.90 Å². The van der Waals surface area contributed by atoms with Gasteiger partial charge in [-0.3, -0.25) is 0 Å². The van der Waals surface area contributed by atoms with Crippen LogP contribution in [0.3, 0.4) is 0 Å². The Kier molecular flexibility index (Phi) is 2.89. The average molecular weight is 246 g/mol. The van der Waals surface area contributed by atoms with E-state index in [1.807, 2.05) is 26.0 Å². The van der Waals surface area contributed by atoms with Gasteiger partial charge >= 0.3 is 6.09 Å². The molecule has 82 valence electrons. The number of carbonyl (C=O) groups excluding carboxylic acids is 1. The Labute approximate surface area is 97.6 Å². The minimum absolute atomic E-state index is 0.0808. The summed E-state index contributed by atoms with van der Waals surface area (Å²) < 4.78 is 6.04. The smallest absolute Gasteiger partial charge is 0.410 e. The van der Waals surface area contributed by atoms with Gasteiger partial charge in [-0.25, -0.2) is 4.79 Å². The van der Waals surface area contributed by atoms with Crippen LogP contribution in [0.1, 0.15) is 24.8 Å². The third-order valence-corrected chi connectivity index (χ3v) is 3.90. The van der Waals surface area contributed by atoms with Crippen LogP contribution in [0.5, 0.6) is 0 Å². The maximum atomic E-state index is 11.5. The van der Waals surface area contributed by atoms with Gasteiger partial charge in [-0.15, -0.1) is 11.3 Å². The van der Waals surface area contributed by atoms with Gasteiger partial charge in [0.05, 0.1) is 10.4 Å². The van der Waals surface area contributed by atoms with Crippen molar-refractivity contribution in [3.63, 3.8) is 0 Å². The van der Waals surface area contributed by atoms with E-state index in [2.05, 4.69) is 0 Å². The van der Waals surface area contributed by atoms with Crippen molar-refractivity contribution >= 4 is 29.0 Å². The van der Waals surface area contributed by atoms with E-state index in [0.717, 1.165) is 9.21 Å². The predicted octanol–water partition coefficient (Wildman–Crippen LogP) is 3.30. The lowest BCUT2D eigenvalue weighted by Crippen LogP contribution is -2.31. The molecular weight excluding hydrogens is 234 g/mol. The topological polar surface area (TPSA) is 29.5 Å². The fraction of sp³-hybridized carbons (Fsp3) is 0.500. The van der Waals surface area contributed by atoms with E-state index in [-0.39, 0.29) is 18.2 Å². The van der Waals surface area contributed by atoms with Crippen LogP contribution in [0.15, 0.2) is 12.1 Å². The molecular formula is C10H12ClNO2S. The van der Waals surface area contributed by atoms with Gasteiger partial charge in [0.2, 0.25) is 0 Å². The first-order valence-corrected chi connectivity index (χ1v) is 6.05. The zero-order chi connectivity index (χ0) is 11.0. The minimum atomic E-state index is -0.237. The molecule has 0 saturated carbocycles. The van der Waals surface area contributed by atoms with Crippen LogP contribution in [0.4, 0.5) is 4.79 Å². The van der Waals surface area contributed by atoms with E-state index in [0.29, 0.717) is 6.54 Å². The summed E-state index contributed by atoms with van der Waals surface area (Å²) in [6.45, 7) is 4.61. The Hall–Kier alpha value is -0.740. The van der Waals surface area contributed by atoms with Gasteiger partial charge in [-0.05, 0) is 26.0 Å². The van der Waals surface area contributed by atoms with Crippen LogP contribution in [0.2, 0.25) is 4.34 Å². The molecule has 2 heterocycles. The van der Waals surface area contributed by atoms with E-state index >= 15 is 0 Å². The number of rotatable bonds is 2. The number of nitrogens with zero attached hydrogens (tertiary/aromatic N) is 1. The highest BCUT2D eigenvalue weighted by Gasteiger charge is 2.39. The Balaban J connectivity index is 2.22. The molecule has 5 heteroatoms. The first-order chi connectivity index (χ1) is 7.13. The second kappa shape index (κ2) is 4.02. The minimum Gasteiger partial charge on any atom is -0.438 e. The van der Waals surface area contributed by atoms with Gasteiger partial charge in [0.15, 0.2) is 6.10 Å². The highest BCUT2D eigenvalue weighted by molar-refractivity contribution is 7.16. The maximum Gasteiger partial charge on any atom is 0.410 e. The molecule has 0 aliphatic carbocycles. The quantitative estimate of drug-likeness (QED) is 0.800. The van der Waals surface area contributed by atoms with Gasteiger partial charge in [-0.2, -0.15) is 0 Å². The van der Waals surface area contributed by atoms with Crippen molar-refractivity contribution in [2.75, 3.05) is 6.54 Å². The highest BCUT2D eigenvalue weighted by Crippen LogP contribution is 2.37. The summed E-state index contributed by atoms with van der Waals surface area (Å²) in [5.74, 6) is 0. The number of amides is 1. The Morgan fingerprint density at radius 1 is 1.60 bits per heavy atom. The molecule has 0 spiro atoms. The van der Waals surface area contributed by atoms with Crippen molar-refractivity contribution in [3.05, 3.63) is 21.3 Å². The zero-order valence-corrected chi connectivity index (χ0v) is 10.1. The van der Waals surface area contributed by atoms with E-state index in [9.17, 15) is 4.79 Å². The van der Waals surface area contributed by atoms with Crippen LogP contribution in [0, 0.1) is 0 Å². The fourth-order valence-electron chi connectivity index (χ4n) is 1.80. The zero-order valence-electron chi connectivity index (χ0n) is 8.57.